The Kier molecular flexibility index (Phi) is 5.74. The van der Waals surface area contributed by atoms with Crippen LogP contribution in [0.15, 0.2) is 6.07 Å². The van der Waals surface area contributed by atoms with Crippen molar-refractivity contribution < 1.29 is 0 Å². The van der Waals surface area contributed by atoms with E-state index >= 15 is 0 Å². The average Bonchev–Trinajstić information content (AvgIpc) is 2.32. The van der Waals surface area contributed by atoms with Crippen molar-refractivity contribution in [2.24, 2.45) is 0 Å². The second-order valence-corrected chi connectivity index (χ2v) is 5.14. The molecule has 0 N–H and O–H groups in total. The van der Waals surface area contributed by atoms with Crippen LogP contribution in [0.1, 0.15) is 67.9 Å². The fourth-order valence-corrected chi connectivity index (χ4v) is 2.75. The molecule has 0 fully saturated rings. The second kappa shape index (κ2) is 6.83. The molecule has 0 heterocycles. The zero-order valence-electron chi connectivity index (χ0n) is 12.3. The van der Waals surface area contributed by atoms with Crippen molar-refractivity contribution >= 4 is 0 Å². The van der Waals surface area contributed by atoms with Crippen molar-refractivity contribution in [3.8, 4) is 0 Å². The molecule has 1 aromatic carbocycles. The van der Waals surface area contributed by atoms with E-state index in [2.05, 4.69) is 40.7 Å². The van der Waals surface area contributed by atoms with E-state index in [1.165, 1.54) is 49.7 Å². The molecule has 0 atom stereocenters. The molecule has 0 radical (unpaired) electrons. The van der Waals surface area contributed by atoms with Crippen LogP contribution in [0, 0.1) is 13.8 Å². The van der Waals surface area contributed by atoms with Crippen LogP contribution in [0.25, 0.3) is 0 Å². The first-order valence-electron chi connectivity index (χ1n) is 7.26. The first-order valence-corrected chi connectivity index (χ1v) is 7.26. The highest BCUT2D eigenvalue weighted by atomic mass is 14.2. The molecule has 17 heavy (non-hydrogen) atoms. The molecule has 0 aliphatic rings. The zero-order valence-corrected chi connectivity index (χ0v) is 12.3. The molecular formula is C17H28. The summed E-state index contributed by atoms with van der Waals surface area (Å²) in [6, 6.07) is 2.44. The van der Waals surface area contributed by atoms with Gasteiger partial charge in [-0.3, -0.25) is 0 Å². The normalized spacial score (nSPS) is 10.9. The fraction of sp³-hybridized carbons (Fsp3) is 0.647. The molecule has 1 aromatic rings. The molecule has 0 aliphatic heterocycles. The topological polar surface area (TPSA) is 0 Å². The van der Waals surface area contributed by atoms with E-state index in [-0.39, 0.29) is 0 Å². The minimum absolute atomic E-state index is 1.18. The Morgan fingerprint density at radius 2 is 1.59 bits per heavy atom. The quantitative estimate of drug-likeness (QED) is 0.635. The smallest absolute Gasteiger partial charge is 0.0276 e. The molecule has 0 heteroatoms. The molecule has 0 spiro atoms. The number of benzene rings is 1. The lowest BCUT2D eigenvalue weighted by Crippen LogP contribution is -2.04. The lowest BCUT2D eigenvalue weighted by Gasteiger charge is -2.18. The molecule has 0 saturated carbocycles. The van der Waals surface area contributed by atoms with Gasteiger partial charge < -0.3 is 0 Å². The Bertz CT molecular complexity index is 361. The maximum absolute atomic E-state index is 2.44. The van der Waals surface area contributed by atoms with Gasteiger partial charge in [-0.1, -0.05) is 39.7 Å². The highest BCUT2D eigenvalue weighted by molar-refractivity contribution is 5.45. The predicted octanol–water partition coefficient (Wildman–Crippen LogP) is 5.16. The molecule has 1 rings (SSSR count). The van der Waals surface area contributed by atoms with Gasteiger partial charge in [0.15, 0.2) is 0 Å². The number of hydrogen-bond acceptors (Lipinski definition) is 0. The minimum atomic E-state index is 1.18. The van der Waals surface area contributed by atoms with Crippen molar-refractivity contribution in [2.45, 2.75) is 73.1 Å². The van der Waals surface area contributed by atoms with Crippen LogP contribution in [-0.4, -0.2) is 0 Å². The summed E-state index contributed by atoms with van der Waals surface area (Å²) in [5, 5.41) is 0. The van der Waals surface area contributed by atoms with Gasteiger partial charge in [-0.15, -0.1) is 0 Å². The molecule has 0 bridgehead atoms. The van der Waals surface area contributed by atoms with Crippen molar-refractivity contribution in [1.29, 1.82) is 0 Å². The summed E-state index contributed by atoms with van der Waals surface area (Å²) in [5.41, 5.74) is 7.90. The summed E-state index contributed by atoms with van der Waals surface area (Å²) in [7, 11) is 0. The summed E-state index contributed by atoms with van der Waals surface area (Å²) in [6.07, 6.45) is 7.57. The van der Waals surface area contributed by atoms with Crippen molar-refractivity contribution in [2.75, 3.05) is 0 Å². The second-order valence-electron chi connectivity index (χ2n) is 5.14. The zero-order chi connectivity index (χ0) is 12.8. The Hall–Kier alpha value is -0.780. The Labute approximate surface area is 107 Å². The van der Waals surface area contributed by atoms with E-state index in [4.69, 9.17) is 0 Å². The Balaban J connectivity index is 3.21. The van der Waals surface area contributed by atoms with E-state index < -0.39 is 0 Å². The van der Waals surface area contributed by atoms with Crippen LogP contribution in [0.3, 0.4) is 0 Å². The van der Waals surface area contributed by atoms with Crippen LogP contribution in [0.2, 0.25) is 0 Å². The van der Waals surface area contributed by atoms with Gasteiger partial charge in [0.1, 0.15) is 0 Å². The third-order valence-corrected chi connectivity index (χ3v) is 3.84. The Morgan fingerprint density at radius 3 is 2.12 bits per heavy atom. The predicted molar refractivity (Wildman–Crippen MR) is 77.9 cm³/mol. The summed E-state index contributed by atoms with van der Waals surface area (Å²) in [4.78, 5) is 0. The van der Waals surface area contributed by atoms with Gasteiger partial charge >= 0.3 is 0 Å². The van der Waals surface area contributed by atoms with Gasteiger partial charge in [-0.2, -0.15) is 0 Å². The van der Waals surface area contributed by atoms with E-state index in [0.717, 1.165) is 0 Å². The molecular weight excluding hydrogens is 204 g/mol. The highest BCUT2D eigenvalue weighted by Crippen LogP contribution is 2.26. The number of hydrogen-bond donors (Lipinski definition) is 0. The van der Waals surface area contributed by atoms with Gasteiger partial charge in [0, 0.05) is 0 Å². The lowest BCUT2D eigenvalue weighted by atomic mass is 9.87. The van der Waals surface area contributed by atoms with Crippen LogP contribution in [-0.2, 0) is 19.3 Å². The van der Waals surface area contributed by atoms with Gasteiger partial charge in [0.2, 0.25) is 0 Å². The fourth-order valence-electron chi connectivity index (χ4n) is 2.75. The highest BCUT2D eigenvalue weighted by Gasteiger charge is 2.11. The number of rotatable bonds is 6. The van der Waals surface area contributed by atoms with E-state index in [1.807, 2.05) is 0 Å². The molecule has 0 aliphatic carbocycles. The molecule has 96 valence electrons. The van der Waals surface area contributed by atoms with Gasteiger partial charge in [-0.05, 0) is 67.3 Å². The summed E-state index contributed by atoms with van der Waals surface area (Å²) in [6.45, 7) is 11.4. The number of aryl methyl sites for hydroxylation is 2. The third-order valence-electron chi connectivity index (χ3n) is 3.84. The van der Waals surface area contributed by atoms with Crippen LogP contribution in [0.5, 0.6) is 0 Å². The summed E-state index contributed by atoms with van der Waals surface area (Å²) >= 11 is 0. The van der Waals surface area contributed by atoms with Crippen LogP contribution >= 0.6 is 0 Å². The molecule has 0 saturated heterocycles. The molecule has 0 aromatic heterocycles. The molecule has 0 amide bonds. The first kappa shape index (κ1) is 14.3. The average molecular weight is 232 g/mol. The van der Waals surface area contributed by atoms with Gasteiger partial charge in [0.25, 0.3) is 0 Å². The van der Waals surface area contributed by atoms with Crippen LogP contribution in [0.4, 0.5) is 0 Å². The van der Waals surface area contributed by atoms with E-state index in [9.17, 15) is 0 Å². The lowest BCUT2D eigenvalue weighted by molar-refractivity contribution is 0.773. The molecule has 0 nitrogen and oxygen atoms in total. The van der Waals surface area contributed by atoms with E-state index in [1.54, 1.807) is 16.7 Å². The van der Waals surface area contributed by atoms with Crippen LogP contribution < -0.4 is 0 Å². The third kappa shape index (κ3) is 3.34. The van der Waals surface area contributed by atoms with E-state index in [0.29, 0.717) is 0 Å². The monoisotopic (exact) mass is 232 g/mol. The maximum atomic E-state index is 2.44. The summed E-state index contributed by atoms with van der Waals surface area (Å²) in [5.74, 6) is 0. The van der Waals surface area contributed by atoms with Gasteiger partial charge in [0.05, 0.1) is 0 Å². The van der Waals surface area contributed by atoms with Crippen molar-refractivity contribution in [3.05, 3.63) is 33.9 Å². The summed E-state index contributed by atoms with van der Waals surface area (Å²) < 4.78 is 0. The van der Waals surface area contributed by atoms with Gasteiger partial charge in [-0.25, -0.2) is 0 Å². The first-order chi connectivity index (χ1) is 8.15. The standard InChI is InChI=1S/C17H28/c1-6-9-11-15-12-13(4)14(5)16(8-3)17(15)10-7-2/h12H,6-11H2,1-5H3. The number of unbranched alkanes of at least 4 members (excludes halogenated alkanes) is 1. The maximum Gasteiger partial charge on any atom is -0.0276 e. The SMILES string of the molecule is CCCCc1cc(C)c(C)c(CC)c1CCC. The van der Waals surface area contributed by atoms with Crippen molar-refractivity contribution in [1.82, 2.24) is 0 Å². The molecule has 0 unspecified atom stereocenters. The Morgan fingerprint density at radius 1 is 0.882 bits per heavy atom. The minimum Gasteiger partial charge on any atom is -0.0654 e. The van der Waals surface area contributed by atoms with Crippen molar-refractivity contribution in [3.63, 3.8) is 0 Å². The largest absolute Gasteiger partial charge is 0.0654 e.